The first-order valence-corrected chi connectivity index (χ1v) is 13.1. The molecule has 0 aliphatic rings. The van der Waals surface area contributed by atoms with Crippen molar-refractivity contribution in [3.8, 4) is 17.0 Å². The maximum Gasteiger partial charge on any atom is 0.281 e. The molecule has 0 bridgehead atoms. The highest BCUT2D eigenvalue weighted by Gasteiger charge is 2.11. The topological polar surface area (TPSA) is 85.6 Å². The van der Waals surface area contributed by atoms with E-state index < -0.39 is 0 Å². The van der Waals surface area contributed by atoms with Crippen molar-refractivity contribution < 1.29 is 14.3 Å². The Morgan fingerprint density at radius 1 is 1.09 bits per heavy atom. The molecule has 2 heterocycles. The van der Waals surface area contributed by atoms with Gasteiger partial charge in [-0.25, -0.2) is 0 Å². The van der Waals surface area contributed by atoms with Crippen molar-refractivity contribution in [3.63, 3.8) is 0 Å². The summed E-state index contributed by atoms with van der Waals surface area (Å²) in [6.45, 7) is 7.77. The van der Waals surface area contributed by atoms with Crippen LogP contribution >= 0.6 is 11.3 Å². The van der Waals surface area contributed by atoms with Gasteiger partial charge in [0.25, 0.3) is 5.91 Å². The summed E-state index contributed by atoms with van der Waals surface area (Å²) >= 11 is 1.43. The number of carbonyl (C=O) groups excluding carboxylic acids is 2. The molecule has 2 amide bonds. The van der Waals surface area contributed by atoms with Crippen LogP contribution in [-0.2, 0) is 11.3 Å². The van der Waals surface area contributed by atoms with Crippen LogP contribution in [0.15, 0.2) is 53.0 Å². The average molecular weight is 495 g/mol. The van der Waals surface area contributed by atoms with E-state index in [1.54, 1.807) is 18.3 Å². The van der Waals surface area contributed by atoms with Gasteiger partial charge in [0.05, 0.1) is 17.9 Å². The fourth-order valence-corrected chi connectivity index (χ4v) is 4.52. The lowest BCUT2D eigenvalue weighted by molar-refractivity contribution is -0.121. The van der Waals surface area contributed by atoms with Crippen molar-refractivity contribution in [2.75, 3.05) is 13.2 Å². The monoisotopic (exact) mass is 494 g/mol. The molecule has 8 heteroatoms. The summed E-state index contributed by atoms with van der Waals surface area (Å²) in [5.41, 5.74) is 3.29. The fraction of sp³-hybridized carbons (Fsp3) is 0.407. The predicted molar refractivity (Wildman–Crippen MR) is 140 cm³/mol. The third kappa shape index (κ3) is 7.89. The minimum Gasteiger partial charge on any atom is -0.494 e. The highest BCUT2D eigenvalue weighted by atomic mass is 32.1. The first kappa shape index (κ1) is 26.3. The Hall–Kier alpha value is -3.26. The van der Waals surface area contributed by atoms with Gasteiger partial charge < -0.3 is 14.6 Å². The molecule has 0 atom stereocenters. The van der Waals surface area contributed by atoms with E-state index in [0.29, 0.717) is 36.5 Å². The minimum absolute atomic E-state index is 0.0902. The molecule has 186 valence electrons. The number of nitrogens with zero attached hydrogens (tertiary/aromatic N) is 3. The van der Waals surface area contributed by atoms with Gasteiger partial charge in [-0.05, 0) is 68.7 Å². The van der Waals surface area contributed by atoms with Crippen LogP contribution < -0.4 is 14.9 Å². The van der Waals surface area contributed by atoms with E-state index in [1.807, 2.05) is 48.1 Å². The summed E-state index contributed by atoms with van der Waals surface area (Å²) in [4.78, 5) is 34.1. The Morgan fingerprint density at radius 2 is 1.89 bits per heavy atom. The van der Waals surface area contributed by atoms with Crippen LogP contribution in [0.5, 0.6) is 5.75 Å². The van der Waals surface area contributed by atoms with E-state index in [2.05, 4.69) is 22.2 Å². The van der Waals surface area contributed by atoms with Crippen LogP contribution in [-0.4, -0.2) is 34.5 Å². The highest BCUT2D eigenvalue weighted by Crippen LogP contribution is 2.23. The van der Waals surface area contributed by atoms with E-state index in [-0.39, 0.29) is 11.8 Å². The van der Waals surface area contributed by atoms with Crippen molar-refractivity contribution in [2.45, 2.75) is 59.4 Å². The largest absolute Gasteiger partial charge is 0.494 e. The second-order valence-electron chi connectivity index (χ2n) is 8.28. The number of thiazole rings is 1. The summed E-state index contributed by atoms with van der Waals surface area (Å²) in [6.07, 6.45) is 5.94. The highest BCUT2D eigenvalue weighted by molar-refractivity contribution is 7.07. The van der Waals surface area contributed by atoms with Crippen LogP contribution in [0.1, 0.15) is 62.0 Å². The number of aromatic nitrogens is 2. The molecule has 7 nitrogen and oxygen atoms in total. The summed E-state index contributed by atoms with van der Waals surface area (Å²) in [6, 6.07) is 11.4. The lowest BCUT2D eigenvalue weighted by atomic mass is 10.1. The SMILES string of the molecule is CCCCCC(=O)NCCCn1c(-c2ccc(OCC)cc2)csc1=NC(=O)c1ccc(C)nc1. The van der Waals surface area contributed by atoms with Crippen molar-refractivity contribution in [1.29, 1.82) is 0 Å². The molecule has 0 aliphatic heterocycles. The summed E-state index contributed by atoms with van der Waals surface area (Å²) in [5.74, 6) is 0.582. The first-order valence-electron chi connectivity index (χ1n) is 12.2. The van der Waals surface area contributed by atoms with E-state index in [1.165, 1.54) is 11.3 Å². The van der Waals surface area contributed by atoms with Crippen LogP contribution in [0.3, 0.4) is 0 Å². The van der Waals surface area contributed by atoms with E-state index >= 15 is 0 Å². The summed E-state index contributed by atoms with van der Waals surface area (Å²) in [5, 5.41) is 5.02. The second kappa shape index (κ2) is 13.6. The van der Waals surface area contributed by atoms with Gasteiger partial charge in [-0.15, -0.1) is 11.3 Å². The molecule has 1 N–H and O–H groups in total. The molecule has 2 aromatic heterocycles. The maximum absolute atomic E-state index is 12.8. The molecule has 3 aromatic rings. The summed E-state index contributed by atoms with van der Waals surface area (Å²) in [7, 11) is 0. The Kier molecular flexibility index (Phi) is 10.2. The third-order valence-electron chi connectivity index (χ3n) is 5.50. The van der Waals surface area contributed by atoms with E-state index in [0.717, 1.165) is 48.4 Å². The molecular formula is C27H34N4O3S. The first-order chi connectivity index (χ1) is 17.0. The van der Waals surface area contributed by atoms with Crippen molar-refractivity contribution >= 4 is 23.2 Å². The number of hydrogen-bond donors (Lipinski definition) is 1. The number of ether oxygens (including phenoxy) is 1. The van der Waals surface area contributed by atoms with Gasteiger partial charge in [0.15, 0.2) is 4.80 Å². The molecule has 0 fully saturated rings. The quantitative estimate of drug-likeness (QED) is 0.353. The standard InChI is InChI=1S/C27H34N4O3S/c1-4-6-7-9-25(32)28-16-8-17-31-24(21-12-14-23(15-13-21)34-5-2)19-35-27(31)30-26(33)22-11-10-20(3)29-18-22/h10-15,18-19H,4-9,16-17H2,1-3H3,(H,28,32). The molecule has 3 rings (SSSR count). The fourth-order valence-electron chi connectivity index (χ4n) is 3.59. The van der Waals surface area contributed by atoms with Crippen molar-refractivity contribution in [1.82, 2.24) is 14.9 Å². The number of pyridine rings is 1. The van der Waals surface area contributed by atoms with Gasteiger partial charge in [-0.1, -0.05) is 19.8 Å². The molecule has 1 aromatic carbocycles. The molecular weight excluding hydrogens is 460 g/mol. The van der Waals surface area contributed by atoms with Gasteiger partial charge >= 0.3 is 0 Å². The number of unbranched alkanes of at least 4 members (excludes halogenated alkanes) is 2. The normalized spacial score (nSPS) is 11.5. The van der Waals surface area contributed by atoms with E-state index in [4.69, 9.17) is 4.74 Å². The second-order valence-corrected chi connectivity index (χ2v) is 9.11. The van der Waals surface area contributed by atoms with Gasteiger partial charge in [0.2, 0.25) is 5.91 Å². The smallest absolute Gasteiger partial charge is 0.281 e. The Balaban J connectivity index is 1.80. The number of benzene rings is 1. The zero-order valence-corrected chi connectivity index (χ0v) is 21.6. The zero-order chi connectivity index (χ0) is 25.0. The molecule has 0 radical (unpaired) electrons. The Bertz CT molecular complexity index is 1160. The lowest BCUT2D eigenvalue weighted by Crippen LogP contribution is -2.26. The van der Waals surface area contributed by atoms with Crippen LogP contribution in [0.2, 0.25) is 0 Å². The molecule has 0 unspecified atom stereocenters. The minimum atomic E-state index is -0.324. The Morgan fingerprint density at radius 3 is 2.57 bits per heavy atom. The number of hydrogen-bond acceptors (Lipinski definition) is 5. The zero-order valence-electron chi connectivity index (χ0n) is 20.8. The van der Waals surface area contributed by atoms with Gasteiger partial charge in [-0.2, -0.15) is 4.99 Å². The summed E-state index contributed by atoms with van der Waals surface area (Å²) < 4.78 is 7.61. The van der Waals surface area contributed by atoms with Crippen LogP contribution in [0.25, 0.3) is 11.3 Å². The average Bonchev–Trinajstić information content (AvgIpc) is 3.25. The van der Waals surface area contributed by atoms with Crippen molar-refractivity contribution in [2.24, 2.45) is 4.99 Å². The lowest BCUT2D eigenvalue weighted by Gasteiger charge is -2.11. The van der Waals surface area contributed by atoms with E-state index in [9.17, 15) is 9.59 Å². The van der Waals surface area contributed by atoms with Gasteiger partial charge in [0, 0.05) is 36.8 Å². The molecule has 0 saturated carbocycles. The number of amides is 2. The van der Waals surface area contributed by atoms with Crippen molar-refractivity contribution in [3.05, 3.63) is 64.0 Å². The predicted octanol–water partition coefficient (Wildman–Crippen LogP) is 5.15. The number of carbonyl (C=O) groups is 2. The third-order valence-corrected chi connectivity index (χ3v) is 6.37. The molecule has 0 spiro atoms. The van der Waals surface area contributed by atoms with Gasteiger partial charge in [0.1, 0.15) is 5.75 Å². The number of aryl methyl sites for hydroxylation is 1. The number of rotatable bonds is 12. The number of nitrogens with one attached hydrogen (secondary N) is 1. The van der Waals surface area contributed by atoms with Crippen LogP contribution in [0, 0.1) is 6.92 Å². The molecule has 0 aliphatic carbocycles. The maximum atomic E-state index is 12.8. The van der Waals surface area contributed by atoms with Crippen LogP contribution in [0.4, 0.5) is 0 Å². The van der Waals surface area contributed by atoms with Gasteiger partial charge in [-0.3, -0.25) is 14.6 Å². The Labute approximate surface area is 210 Å². The molecule has 35 heavy (non-hydrogen) atoms. The molecule has 0 saturated heterocycles.